The minimum absolute atomic E-state index is 0.00176. The molecule has 0 saturated carbocycles. The van der Waals surface area contributed by atoms with Crippen molar-refractivity contribution >= 4 is 17.5 Å². The van der Waals surface area contributed by atoms with Gasteiger partial charge in [-0.2, -0.15) is 0 Å². The quantitative estimate of drug-likeness (QED) is 0.893. The lowest BCUT2D eigenvalue weighted by molar-refractivity contribution is -0.131. The lowest BCUT2D eigenvalue weighted by atomic mass is 10.0. The lowest BCUT2D eigenvalue weighted by Gasteiger charge is -2.31. The minimum Gasteiger partial charge on any atom is -0.341 e. The number of nitrogens with two attached hydrogens (primary N) is 1. The summed E-state index contributed by atoms with van der Waals surface area (Å²) in [5, 5.41) is 0.296. The van der Waals surface area contributed by atoms with E-state index in [1.807, 2.05) is 0 Å². The number of carbonyl (C=O) groups excluding carboxylic acids is 1. The standard InChI is InChI=1S/C13H16ClFN2O/c14-11-4-1-5-12(15)10(11)7-13(18)17-6-2-3-9(16)8-17/h1,4-5,9H,2-3,6-8,16H2. The molecule has 0 aliphatic carbocycles. The largest absolute Gasteiger partial charge is 0.341 e. The molecule has 1 heterocycles. The monoisotopic (exact) mass is 270 g/mol. The summed E-state index contributed by atoms with van der Waals surface area (Å²) in [5.74, 6) is -0.547. The zero-order valence-corrected chi connectivity index (χ0v) is 10.8. The highest BCUT2D eigenvalue weighted by Crippen LogP contribution is 2.20. The number of benzene rings is 1. The second kappa shape index (κ2) is 5.67. The van der Waals surface area contributed by atoms with E-state index in [9.17, 15) is 9.18 Å². The van der Waals surface area contributed by atoms with E-state index in [4.69, 9.17) is 17.3 Å². The summed E-state index contributed by atoms with van der Waals surface area (Å²) >= 11 is 5.91. The van der Waals surface area contributed by atoms with Gasteiger partial charge in [0.1, 0.15) is 5.82 Å². The van der Waals surface area contributed by atoms with E-state index in [-0.39, 0.29) is 23.9 Å². The Morgan fingerprint density at radius 2 is 2.33 bits per heavy atom. The number of amides is 1. The van der Waals surface area contributed by atoms with E-state index >= 15 is 0 Å². The zero-order valence-electron chi connectivity index (χ0n) is 10.0. The highest BCUT2D eigenvalue weighted by Gasteiger charge is 2.22. The number of rotatable bonds is 2. The smallest absolute Gasteiger partial charge is 0.227 e. The van der Waals surface area contributed by atoms with Crippen LogP contribution in [-0.4, -0.2) is 29.9 Å². The molecule has 1 amide bonds. The first kappa shape index (κ1) is 13.3. The second-order valence-electron chi connectivity index (χ2n) is 4.62. The average Bonchev–Trinajstić information content (AvgIpc) is 2.34. The van der Waals surface area contributed by atoms with Crippen LogP contribution < -0.4 is 5.73 Å². The molecule has 1 aliphatic rings. The molecular formula is C13H16ClFN2O. The molecule has 0 aromatic heterocycles. The Labute approximate surface area is 111 Å². The summed E-state index contributed by atoms with van der Waals surface area (Å²) in [6, 6.07) is 4.47. The van der Waals surface area contributed by atoms with Crippen molar-refractivity contribution in [3.05, 3.63) is 34.6 Å². The number of hydrogen-bond donors (Lipinski definition) is 1. The number of piperidine rings is 1. The van der Waals surface area contributed by atoms with Crippen molar-refractivity contribution in [3.8, 4) is 0 Å². The molecule has 1 unspecified atom stereocenters. The van der Waals surface area contributed by atoms with Gasteiger partial charge in [0.05, 0.1) is 6.42 Å². The van der Waals surface area contributed by atoms with Gasteiger partial charge in [-0.15, -0.1) is 0 Å². The predicted molar refractivity (Wildman–Crippen MR) is 68.9 cm³/mol. The predicted octanol–water partition coefficient (Wildman–Crippen LogP) is 1.97. The van der Waals surface area contributed by atoms with Crippen molar-refractivity contribution in [1.82, 2.24) is 4.90 Å². The summed E-state index contributed by atoms with van der Waals surface area (Å²) in [7, 11) is 0. The average molecular weight is 271 g/mol. The van der Waals surface area contributed by atoms with Gasteiger partial charge in [-0.25, -0.2) is 4.39 Å². The molecule has 1 aromatic carbocycles. The zero-order chi connectivity index (χ0) is 13.1. The molecule has 3 nitrogen and oxygen atoms in total. The molecule has 1 fully saturated rings. The summed E-state index contributed by atoms with van der Waals surface area (Å²) in [4.78, 5) is 13.8. The molecule has 1 aliphatic heterocycles. The fourth-order valence-electron chi connectivity index (χ4n) is 2.20. The third kappa shape index (κ3) is 3.00. The Bertz CT molecular complexity index is 432. The first-order valence-corrected chi connectivity index (χ1v) is 6.42. The Morgan fingerprint density at radius 1 is 1.56 bits per heavy atom. The molecule has 0 spiro atoms. The highest BCUT2D eigenvalue weighted by atomic mass is 35.5. The molecule has 0 radical (unpaired) electrons. The first-order valence-electron chi connectivity index (χ1n) is 6.04. The SMILES string of the molecule is NC1CCCN(C(=O)Cc2c(F)cccc2Cl)C1. The molecule has 2 rings (SSSR count). The summed E-state index contributed by atoms with van der Waals surface area (Å²) < 4.78 is 13.6. The van der Waals surface area contributed by atoms with Gasteiger partial charge in [-0.05, 0) is 25.0 Å². The number of nitrogens with zero attached hydrogens (tertiary/aromatic N) is 1. The van der Waals surface area contributed by atoms with Crippen LogP contribution in [0.25, 0.3) is 0 Å². The molecule has 1 aromatic rings. The van der Waals surface area contributed by atoms with Crippen LogP contribution in [0, 0.1) is 5.82 Å². The van der Waals surface area contributed by atoms with Gasteiger partial charge in [0, 0.05) is 29.7 Å². The van der Waals surface area contributed by atoms with Crippen LogP contribution in [0.2, 0.25) is 5.02 Å². The first-order chi connectivity index (χ1) is 8.58. The van der Waals surface area contributed by atoms with Gasteiger partial charge in [0.15, 0.2) is 0 Å². The molecule has 18 heavy (non-hydrogen) atoms. The third-order valence-corrected chi connectivity index (χ3v) is 3.55. The molecular weight excluding hydrogens is 255 g/mol. The van der Waals surface area contributed by atoms with E-state index in [1.54, 1.807) is 11.0 Å². The number of carbonyl (C=O) groups is 1. The fraction of sp³-hybridized carbons (Fsp3) is 0.462. The number of halogens is 2. The minimum atomic E-state index is -0.433. The van der Waals surface area contributed by atoms with Gasteiger partial charge < -0.3 is 10.6 Å². The maximum absolute atomic E-state index is 13.6. The number of likely N-dealkylation sites (tertiary alicyclic amines) is 1. The summed E-state index contributed by atoms with van der Waals surface area (Å²) in [5.41, 5.74) is 6.09. The van der Waals surface area contributed by atoms with E-state index in [2.05, 4.69) is 0 Å². The molecule has 1 atom stereocenters. The molecule has 0 bridgehead atoms. The fourth-order valence-corrected chi connectivity index (χ4v) is 2.43. The van der Waals surface area contributed by atoms with Crippen molar-refractivity contribution in [2.45, 2.75) is 25.3 Å². The van der Waals surface area contributed by atoms with Crippen molar-refractivity contribution in [3.63, 3.8) is 0 Å². The van der Waals surface area contributed by atoms with Crippen molar-refractivity contribution < 1.29 is 9.18 Å². The van der Waals surface area contributed by atoms with Gasteiger partial charge in [0.25, 0.3) is 0 Å². The van der Waals surface area contributed by atoms with Crippen molar-refractivity contribution in [2.24, 2.45) is 5.73 Å². The summed E-state index contributed by atoms with van der Waals surface area (Å²) in [6.07, 6.45) is 1.83. The van der Waals surface area contributed by atoms with E-state index < -0.39 is 5.82 Å². The van der Waals surface area contributed by atoms with Crippen molar-refractivity contribution in [2.75, 3.05) is 13.1 Å². The third-order valence-electron chi connectivity index (χ3n) is 3.20. The van der Waals surface area contributed by atoms with Crippen LogP contribution in [0.4, 0.5) is 4.39 Å². The molecule has 98 valence electrons. The van der Waals surface area contributed by atoms with Crippen molar-refractivity contribution in [1.29, 1.82) is 0 Å². The van der Waals surface area contributed by atoms with Crippen LogP contribution in [0.1, 0.15) is 18.4 Å². The van der Waals surface area contributed by atoms with Crippen LogP contribution in [0.15, 0.2) is 18.2 Å². The Balaban J connectivity index is 2.07. The van der Waals surface area contributed by atoms with Gasteiger partial charge in [-0.3, -0.25) is 4.79 Å². The van der Waals surface area contributed by atoms with Gasteiger partial charge >= 0.3 is 0 Å². The maximum Gasteiger partial charge on any atom is 0.227 e. The van der Waals surface area contributed by atoms with Gasteiger partial charge in [0.2, 0.25) is 5.91 Å². The topological polar surface area (TPSA) is 46.3 Å². The van der Waals surface area contributed by atoms with Crippen LogP contribution in [0.5, 0.6) is 0 Å². The molecule has 1 saturated heterocycles. The lowest BCUT2D eigenvalue weighted by Crippen LogP contribution is -2.46. The van der Waals surface area contributed by atoms with E-state index in [1.165, 1.54) is 12.1 Å². The molecule has 5 heteroatoms. The normalized spacial score (nSPS) is 19.9. The maximum atomic E-state index is 13.6. The van der Waals surface area contributed by atoms with Crippen LogP contribution in [-0.2, 0) is 11.2 Å². The Kier molecular flexibility index (Phi) is 4.19. The van der Waals surface area contributed by atoms with Gasteiger partial charge in [-0.1, -0.05) is 17.7 Å². The van der Waals surface area contributed by atoms with Crippen LogP contribution >= 0.6 is 11.6 Å². The van der Waals surface area contributed by atoms with E-state index in [0.29, 0.717) is 18.1 Å². The Hall–Kier alpha value is -1.13. The van der Waals surface area contributed by atoms with E-state index in [0.717, 1.165) is 12.8 Å². The van der Waals surface area contributed by atoms with Crippen LogP contribution in [0.3, 0.4) is 0 Å². The Morgan fingerprint density at radius 3 is 3.00 bits per heavy atom. The summed E-state index contributed by atoms with van der Waals surface area (Å²) in [6.45, 7) is 1.24. The number of hydrogen-bond acceptors (Lipinski definition) is 2. The second-order valence-corrected chi connectivity index (χ2v) is 5.03. The highest BCUT2D eigenvalue weighted by molar-refractivity contribution is 6.31. The molecule has 2 N–H and O–H groups in total.